The molecular formula is C16H18N2OWY-2. The maximum absolute atomic E-state index is 12.6. The van der Waals surface area contributed by atoms with Crippen molar-refractivity contribution in [1.29, 1.82) is 0 Å². The van der Waals surface area contributed by atoms with Gasteiger partial charge in [-0.05, 0) is 0 Å². The van der Waals surface area contributed by atoms with Crippen LogP contribution >= 0.6 is 0 Å². The van der Waals surface area contributed by atoms with Crippen molar-refractivity contribution >= 4 is 10.1 Å². The maximum Gasteiger partial charge on any atom is 0 e. The number of hydrogen-bond acceptors (Lipinski definition) is 2. The van der Waals surface area contributed by atoms with Gasteiger partial charge in [0.05, 0.1) is 0 Å². The molecule has 1 aliphatic carbocycles. The summed E-state index contributed by atoms with van der Waals surface area (Å²) in [7, 11) is 0. The van der Waals surface area contributed by atoms with Gasteiger partial charge in [0.15, 0.2) is 0 Å². The normalized spacial score (nSPS) is 14.5. The van der Waals surface area contributed by atoms with Gasteiger partial charge in [-0.15, -0.1) is 0 Å². The third-order valence-corrected chi connectivity index (χ3v) is 4.44. The summed E-state index contributed by atoms with van der Waals surface area (Å²) in [6.45, 7) is 9.21. The van der Waals surface area contributed by atoms with E-state index in [4.69, 9.17) is 6.58 Å². The Morgan fingerprint density at radius 1 is 1.48 bits per heavy atom. The van der Waals surface area contributed by atoms with Gasteiger partial charge in [-0.25, -0.2) is 0 Å². The molecule has 0 spiro atoms. The van der Waals surface area contributed by atoms with Crippen LogP contribution in [0.4, 0.5) is 0 Å². The molecule has 5 heteroatoms. The predicted molar refractivity (Wildman–Crippen MR) is 78.0 cm³/mol. The van der Waals surface area contributed by atoms with Gasteiger partial charge in [-0.1, -0.05) is 0 Å². The van der Waals surface area contributed by atoms with Crippen molar-refractivity contribution in [2.45, 2.75) is 39.5 Å². The fourth-order valence-electron chi connectivity index (χ4n) is 2.09. The van der Waals surface area contributed by atoms with Crippen LogP contribution in [0.15, 0.2) is 16.9 Å². The smallest absolute Gasteiger partial charge is 0 e. The Morgan fingerprint density at radius 3 is 2.67 bits per heavy atom. The molecule has 21 heavy (non-hydrogen) atoms. The summed E-state index contributed by atoms with van der Waals surface area (Å²) in [4.78, 5) is 17.2. The summed E-state index contributed by atoms with van der Waals surface area (Å²) in [6, 6.07) is 0. The molecule has 0 N–H and O–H groups in total. The molecule has 0 amide bonds. The summed E-state index contributed by atoms with van der Waals surface area (Å²) in [5.74, 6) is 2.41. The molecule has 0 atom stereocenters. The van der Waals surface area contributed by atoms with Crippen molar-refractivity contribution in [3.8, 4) is 0 Å². The van der Waals surface area contributed by atoms with Crippen LogP contribution in [0.1, 0.15) is 36.3 Å². The molecule has 1 radical (unpaired) electrons. The van der Waals surface area contributed by atoms with Crippen molar-refractivity contribution < 1.29 is 52.1 Å². The number of nitrogens with zero attached hydrogens (tertiary/aromatic N) is 2. The van der Waals surface area contributed by atoms with Crippen LogP contribution in [-0.2, 0) is 58.5 Å². The average Bonchev–Trinajstić information content (AvgIpc) is 3.25. The minimum atomic E-state index is 0. The maximum atomic E-state index is 12.6. The summed E-state index contributed by atoms with van der Waals surface area (Å²) >= 11 is 1.28. The second-order valence-electron chi connectivity index (χ2n) is 5.03. The third-order valence-electron chi connectivity index (χ3n) is 3.57. The van der Waals surface area contributed by atoms with E-state index in [1.54, 1.807) is 16.6 Å². The minimum absolute atomic E-state index is 0. The standard InChI is InChI=1S/C16H18N2O.W.Y/c1-5-6-11(2)18-15(10-9-14-7-8-14)17-13(4)12(3)16(18)19;;/h1-2,5-6H,7-10H2,3-4H3;;/q-2;;/b11-6+;;. The van der Waals surface area contributed by atoms with E-state index in [9.17, 15) is 4.79 Å². The van der Waals surface area contributed by atoms with Crippen LogP contribution in [0.5, 0.6) is 0 Å². The molecule has 0 bridgehead atoms. The molecule has 1 aromatic heterocycles. The number of allylic oxidation sites excluding steroid dienone is 3. The summed E-state index contributed by atoms with van der Waals surface area (Å²) in [5.41, 5.74) is 2.35. The summed E-state index contributed by atoms with van der Waals surface area (Å²) < 4.78 is 3.68. The predicted octanol–water partition coefficient (Wildman–Crippen LogP) is 2.34. The van der Waals surface area contributed by atoms with Crippen molar-refractivity contribution in [3.63, 3.8) is 0 Å². The van der Waals surface area contributed by atoms with E-state index in [1.165, 1.54) is 38.3 Å². The van der Waals surface area contributed by atoms with Gasteiger partial charge in [-0.2, -0.15) is 0 Å². The first-order valence-corrected chi connectivity index (χ1v) is 8.41. The van der Waals surface area contributed by atoms with E-state index in [2.05, 4.69) is 4.98 Å². The zero-order valence-electron chi connectivity index (χ0n) is 12.4. The van der Waals surface area contributed by atoms with Crippen LogP contribution < -0.4 is 5.56 Å². The molecule has 0 aliphatic heterocycles. The molecular weight excluding hydrogens is 509 g/mol. The van der Waals surface area contributed by atoms with E-state index in [-0.39, 0.29) is 38.3 Å². The van der Waals surface area contributed by atoms with E-state index in [0.29, 0.717) is 5.56 Å². The second kappa shape index (κ2) is 8.60. The Hall–Kier alpha value is 0.0222. The monoisotopic (exact) mass is 527 g/mol. The van der Waals surface area contributed by atoms with Crippen molar-refractivity contribution in [2.24, 2.45) is 0 Å². The summed E-state index contributed by atoms with van der Waals surface area (Å²) in [5, 5.41) is 0. The quantitative estimate of drug-likeness (QED) is 0.421. The zero-order valence-corrected chi connectivity index (χ0v) is 18.2. The molecule has 1 saturated carbocycles. The Labute approximate surface area is 162 Å². The van der Waals surface area contributed by atoms with Gasteiger partial charge in [0.1, 0.15) is 0 Å². The van der Waals surface area contributed by atoms with Crippen LogP contribution in [-0.4, -0.2) is 14.0 Å². The van der Waals surface area contributed by atoms with Crippen LogP contribution in [0.25, 0.3) is 5.70 Å². The third kappa shape index (κ3) is 4.74. The Bertz CT molecular complexity index is 630. The molecule has 1 heterocycles. The second-order valence-corrected chi connectivity index (χ2v) is 5.88. The first kappa shape index (κ1) is 19.1. The van der Waals surface area contributed by atoms with Gasteiger partial charge in [0.25, 0.3) is 0 Å². The molecule has 3 nitrogen and oxygen atoms in total. The largest absolute Gasteiger partial charge is 0 e. The fourth-order valence-corrected chi connectivity index (χ4v) is 2.75. The molecule has 0 aromatic carbocycles. The number of hydrogen-bond donors (Lipinski definition) is 0. The molecule has 1 aromatic rings. The number of aromatic nitrogens is 2. The fraction of sp³-hybridized carbons (Fsp3) is 0.375. The Balaban J connectivity index is 0.00000220. The molecule has 2 rings (SSSR count). The molecule has 1 aliphatic rings. The van der Waals surface area contributed by atoms with Gasteiger partial charge >= 0.3 is 131 Å². The zero-order chi connectivity index (χ0) is 14.7. The van der Waals surface area contributed by atoms with Crippen LogP contribution in [0, 0.1) is 26.3 Å². The van der Waals surface area contributed by atoms with E-state index in [1.807, 2.05) is 18.2 Å². The SMILES string of the molecule is [CH-]=C/C=C(\[CH]=[W])n1c(CC[C-]2CC2)nc(C)c(C)c1=O.[Y]. The van der Waals surface area contributed by atoms with Crippen molar-refractivity contribution in [2.75, 3.05) is 0 Å². The number of aryl methyl sites for hydroxylation is 2. The minimum Gasteiger partial charge on any atom is 0 e. The van der Waals surface area contributed by atoms with Gasteiger partial charge < -0.3 is 0 Å². The Morgan fingerprint density at radius 2 is 2.14 bits per heavy atom. The van der Waals surface area contributed by atoms with Crippen molar-refractivity contribution in [1.82, 2.24) is 9.55 Å². The topological polar surface area (TPSA) is 34.9 Å². The molecule has 109 valence electrons. The van der Waals surface area contributed by atoms with Gasteiger partial charge in [0, 0.05) is 32.7 Å². The average molecular weight is 527 g/mol. The molecule has 0 unspecified atom stereocenters. The number of rotatable bonds is 6. The van der Waals surface area contributed by atoms with Crippen molar-refractivity contribution in [3.05, 3.63) is 52.1 Å². The Kier molecular flexibility index (Phi) is 7.81. The molecule has 0 saturated heterocycles. The van der Waals surface area contributed by atoms with Gasteiger partial charge in [-0.3, -0.25) is 0 Å². The van der Waals surface area contributed by atoms with E-state index < -0.39 is 0 Å². The van der Waals surface area contributed by atoms with Gasteiger partial charge in [0.2, 0.25) is 0 Å². The first-order chi connectivity index (χ1) is 9.58. The first-order valence-electron chi connectivity index (χ1n) is 6.72. The van der Waals surface area contributed by atoms with Crippen LogP contribution in [0.3, 0.4) is 0 Å². The van der Waals surface area contributed by atoms with E-state index in [0.717, 1.165) is 30.1 Å². The van der Waals surface area contributed by atoms with E-state index >= 15 is 0 Å². The van der Waals surface area contributed by atoms with Crippen LogP contribution in [0.2, 0.25) is 0 Å². The summed E-state index contributed by atoms with van der Waals surface area (Å²) in [6.07, 6.45) is 7.55. The molecule has 1 fully saturated rings.